The minimum atomic E-state index is -0.169. The van der Waals surface area contributed by atoms with Crippen LogP contribution in [0.25, 0.3) is 22.3 Å². The molecule has 1 saturated carbocycles. The number of fused-ring (bicyclic) bond motifs is 1. The van der Waals surface area contributed by atoms with Crippen molar-refractivity contribution in [3.63, 3.8) is 0 Å². The molecule has 0 bridgehead atoms. The number of nitrogens with zero attached hydrogens (tertiary/aromatic N) is 2. The average molecular weight is 336 g/mol. The molecule has 25 heavy (non-hydrogen) atoms. The molecule has 128 valence electrons. The van der Waals surface area contributed by atoms with Crippen LogP contribution < -0.4 is 5.32 Å². The third kappa shape index (κ3) is 3.00. The quantitative estimate of drug-likeness (QED) is 0.748. The lowest BCUT2D eigenvalue weighted by atomic mass is 9.99. The summed E-state index contributed by atoms with van der Waals surface area (Å²) in [5.74, 6) is 0.428. The van der Waals surface area contributed by atoms with E-state index in [2.05, 4.69) is 27.6 Å². The minimum Gasteiger partial charge on any atom is -0.375 e. The highest BCUT2D eigenvalue weighted by atomic mass is 16.5. The van der Waals surface area contributed by atoms with Gasteiger partial charge in [-0.1, -0.05) is 6.07 Å². The summed E-state index contributed by atoms with van der Waals surface area (Å²) in [5, 5.41) is 11.1. The van der Waals surface area contributed by atoms with Crippen molar-refractivity contribution in [3.05, 3.63) is 41.6 Å². The number of aromatic nitrogens is 3. The predicted molar refractivity (Wildman–Crippen MR) is 96.5 cm³/mol. The second-order valence-corrected chi connectivity index (χ2v) is 6.46. The smallest absolute Gasteiger partial charge is 0.250 e. The lowest BCUT2D eigenvalue weighted by Gasteiger charge is -2.14. The lowest BCUT2D eigenvalue weighted by Crippen LogP contribution is -2.17. The zero-order valence-electron chi connectivity index (χ0n) is 14.3. The molecule has 0 unspecified atom stereocenters. The van der Waals surface area contributed by atoms with E-state index in [1.807, 2.05) is 19.1 Å². The number of ether oxygens (including phenoxy) is 1. The van der Waals surface area contributed by atoms with Crippen LogP contribution in [-0.4, -0.2) is 34.8 Å². The lowest BCUT2D eigenvalue weighted by molar-refractivity contribution is -0.119. The molecule has 0 saturated heterocycles. The van der Waals surface area contributed by atoms with Gasteiger partial charge < -0.3 is 10.1 Å². The van der Waals surface area contributed by atoms with Crippen LogP contribution in [0.4, 0.5) is 5.69 Å². The highest BCUT2D eigenvalue weighted by Gasteiger charge is 2.27. The van der Waals surface area contributed by atoms with Crippen LogP contribution in [0.15, 0.2) is 30.5 Å². The highest BCUT2D eigenvalue weighted by Crippen LogP contribution is 2.44. The molecule has 1 aliphatic carbocycles. The summed E-state index contributed by atoms with van der Waals surface area (Å²) in [4.78, 5) is 16.7. The van der Waals surface area contributed by atoms with Gasteiger partial charge in [0.2, 0.25) is 5.91 Å². The Balaban J connectivity index is 1.85. The Kier molecular flexibility index (Phi) is 3.97. The van der Waals surface area contributed by atoms with Crippen molar-refractivity contribution in [2.75, 3.05) is 19.0 Å². The van der Waals surface area contributed by atoms with Gasteiger partial charge in [0.05, 0.1) is 16.9 Å². The zero-order valence-corrected chi connectivity index (χ0v) is 14.3. The first-order valence-electron chi connectivity index (χ1n) is 8.40. The van der Waals surface area contributed by atoms with Gasteiger partial charge in [0, 0.05) is 24.4 Å². The standard InChI is InChI=1S/C19H20N4O2/c1-11-15(21-18(24)10-25-2)6-5-13-14(12-3-4-12)9-17(22-19(11)13)16-7-8-20-23-16/h5-9,12H,3-4,10H2,1-2H3,(H,20,23)(H,21,24). The van der Waals surface area contributed by atoms with E-state index in [0.29, 0.717) is 5.92 Å². The molecule has 1 aliphatic rings. The largest absolute Gasteiger partial charge is 0.375 e. The maximum atomic E-state index is 11.9. The summed E-state index contributed by atoms with van der Waals surface area (Å²) < 4.78 is 4.89. The van der Waals surface area contributed by atoms with Crippen LogP contribution in [-0.2, 0) is 9.53 Å². The maximum Gasteiger partial charge on any atom is 0.250 e. The summed E-state index contributed by atoms with van der Waals surface area (Å²) in [6.45, 7) is 2.03. The number of hydrogen-bond donors (Lipinski definition) is 2. The Morgan fingerprint density at radius 1 is 1.36 bits per heavy atom. The molecule has 0 atom stereocenters. The monoisotopic (exact) mass is 336 g/mol. The van der Waals surface area contributed by atoms with Crippen molar-refractivity contribution in [2.24, 2.45) is 0 Å². The molecule has 2 aromatic heterocycles. The number of carbonyl (C=O) groups is 1. The van der Waals surface area contributed by atoms with Crippen molar-refractivity contribution in [1.82, 2.24) is 15.2 Å². The van der Waals surface area contributed by atoms with E-state index in [4.69, 9.17) is 9.72 Å². The van der Waals surface area contributed by atoms with E-state index < -0.39 is 0 Å². The first kappa shape index (κ1) is 15.8. The second-order valence-electron chi connectivity index (χ2n) is 6.46. The van der Waals surface area contributed by atoms with Crippen molar-refractivity contribution in [2.45, 2.75) is 25.7 Å². The van der Waals surface area contributed by atoms with Gasteiger partial charge in [-0.05, 0) is 55.0 Å². The topological polar surface area (TPSA) is 79.9 Å². The van der Waals surface area contributed by atoms with Crippen LogP contribution in [0.2, 0.25) is 0 Å². The van der Waals surface area contributed by atoms with Crippen molar-refractivity contribution >= 4 is 22.5 Å². The molecule has 1 fully saturated rings. The average Bonchev–Trinajstić information content (AvgIpc) is 3.30. The fourth-order valence-electron chi connectivity index (χ4n) is 3.18. The molecule has 0 spiro atoms. The Morgan fingerprint density at radius 2 is 2.20 bits per heavy atom. The molecule has 2 heterocycles. The number of benzene rings is 1. The van der Waals surface area contributed by atoms with E-state index in [9.17, 15) is 4.79 Å². The molecule has 1 amide bonds. The number of nitrogens with one attached hydrogen (secondary N) is 2. The fraction of sp³-hybridized carbons (Fsp3) is 0.316. The Bertz CT molecular complexity index is 930. The van der Waals surface area contributed by atoms with E-state index in [1.54, 1.807) is 6.20 Å². The fourth-order valence-corrected chi connectivity index (χ4v) is 3.18. The van der Waals surface area contributed by atoms with Crippen LogP contribution in [0.1, 0.15) is 29.9 Å². The summed E-state index contributed by atoms with van der Waals surface area (Å²) in [6.07, 6.45) is 4.16. The van der Waals surface area contributed by atoms with Crippen molar-refractivity contribution in [3.8, 4) is 11.4 Å². The van der Waals surface area contributed by atoms with Gasteiger partial charge >= 0.3 is 0 Å². The number of carbonyl (C=O) groups excluding carboxylic acids is 1. The van der Waals surface area contributed by atoms with Crippen LogP contribution >= 0.6 is 0 Å². The third-order valence-corrected chi connectivity index (χ3v) is 4.61. The number of rotatable bonds is 5. The summed E-state index contributed by atoms with van der Waals surface area (Å²) in [7, 11) is 1.51. The molecular formula is C19H20N4O2. The molecule has 0 radical (unpaired) electrons. The minimum absolute atomic E-state index is 0.0341. The number of aromatic amines is 1. The van der Waals surface area contributed by atoms with Gasteiger partial charge in [-0.2, -0.15) is 5.10 Å². The first-order chi connectivity index (χ1) is 12.2. The van der Waals surface area contributed by atoms with Gasteiger partial charge in [0.25, 0.3) is 0 Å². The van der Waals surface area contributed by atoms with Gasteiger partial charge in [0.15, 0.2) is 0 Å². The molecule has 6 heteroatoms. The van der Waals surface area contributed by atoms with E-state index in [0.717, 1.165) is 33.5 Å². The Labute approximate surface area is 145 Å². The summed E-state index contributed by atoms with van der Waals surface area (Å²) in [6, 6.07) is 8.09. The summed E-state index contributed by atoms with van der Waals surface area (Å²) in [5.41, 5.74) is 5.76. The van der Waals surface area contributed by atoms with Crippen LogP contribution in [0, 0.1) is 6.92 Å². The normalized spacial score (nSPS) is 14.0. The Hall–Kier alpha value is -2.73. The highest BCUT2D eigenvalue weighted by molar-refractivity contribution is 5.97. The number of methoxy groups -OCH3 is 1. The number of H-pyrrole nitrogens is 1. The number of amides is 1. The van der Waals surface area contributed by atoms with Gasteiger partial charge in [0.1, 0.15) is 6.61 Å². The molecule has 2 N–H and O–H groups in total. The molecule has 1 aromatic carbocycles. The number of pyridine rings is 1. The van der Waals surface area contributed by atoms with Gasteiger partial charge in [-0.25, -0.2) is 4.98 Å². The number of anilines is 1. The molecule has 6 nitrogen and oxygen atoms in total. The predicted octanol–water partition coefficient (Wildman–Crippen LogP) is 3.40. The van der Waals surface area contributed by atoms with Crippen LogP contribution in [0.5, 0.6) is 0 Å². The first-order valence-corrected chi connectivity index (χ1v) is 8.40. The zero-order chi connectivity index (χ0) is 17.4. The van der Waals surface area contributed by atoms with Gasteiger partial charge in [-0.3, -0.25) is 9.89 Å². The van der Waals surface area contributed by atoms with Gasteiger partial charge in [-0.15, -0.1) is 0 Å². The maximum absolute atomic E-state index is 11.9. The van der Waals surface area contributed by atoms with Crippen molar-refractivity contribution < 1.29 is 9.53 Å². The van der Waals surface area contributed by atoms with E-state index in [1.165, 1.54) is 25.5 Å². The number of aryl methyl sites for hydroxylation is 1. The SMILES string of the molecule is COCC(=O)Nc1ccc2c(C3CC3)cc(-c3ccn[nH]3)nc2c1C. The second kappa shape index (κ2) is 6.29. The molecular weight excluding hydrogens is 316 g/mol. The third-order valence-electron chi connectivity index (χ3n) is 4.61. The Morgan fingerprint density at radius 3 is 2.88 bits per heavy atom. The molecule has 4 rings (SSSR count). The summed E-state index contributed by atoms with van der Waals surface area (Å²) >= 11 is 0. The van der Waals surface area contributed by atoms with Crippen molar-refractivity contribution in [1.29, 1.82) is 0 Å². The number of hydrogen-bond acceptors (Lipinski definition) is 4. The van der Waals surface area contributed by atoms with Crippen LogP contribution in [0.3, 0.4) is 0 Å². The van der Waals surface area contributed by atoms with E-state index >= 15 is 0 Å². The molecule has 3 aromatic rings. The van der Waals surface area contributed by atoms with E-state index in [-0.39, 0.29) is 12.5 Å². The molecule has 0 aliphatic heterocycles.